The van der Waals surface area contributed by atoms with Crippen molar-refractivity contribution in [1.29, 1.82) is 0 Å². The number of carbonyl (C=O) groups excluding carboxylic acids is 1. The van der Waals surface area contributed by atoms with Crippen molar-refractivity contribution in [3.63, 3.8) is 0 Å². The van der Waals surface area contributed by atoms with Crippen LogP contribution in [0.1, 0.15) is 31.2 Å². The normalized spacial score (nSPS) is 15.4. The van der Waals surface area contributed by atoms with Gasteiger partial charge in [-0.25, -0.2) is 9.79 Å². The molecule has 0 amide bonds. The molecule has 7 nitrogen and oxygen atoms in total. The summed E-state index contributed by atoms with van der Waals surface area (Å²) < 4.78 is 19.9. The molecule has 9 heteroatoms. The van der Waals surface area contributed by atoms with E-state index < -0.39 is 12.0 Å². The monoisotopic (exact) mass is 578 g/mol. The summed E-state index contributed by atoms with van der Waals surface area (Å²) >= 11 is 4.68. The Morgan fingerprint density at radius 3 is 2.65 bits per heavy atom. The van der Waals surface area contributed by atoms with E-state index in [2.05, 4.69) is 20.9 Å². The number of esters is 1. The molecule has 5 rings (SSSR count). The maximum absolute atomic E-state index is 13.8. The van der Waals surface area contributed by atoms with Gasteiger partial charge < -0.3 is 13.9 Å². The minimum absolute atomic E-state index is 0.206. The fourth-order valence-corrected chi connectivity index (χ4v) is 5.60. The zero-order valence-corrected chi connectivity index (χ0v) is 22.8. The summed E-state index contributed by atoms with van der Waals surface area (Å²) in [6.07, 6.45) is 1.70. The molecule has 1 unspecified atom stereocenters. The lowest BCUT2D eigenvalue weighted by atomic mass is 9.95. The summed E-state index contributed by atoms with van der Waals surface area (Å²) in [5.41, 5.74) is 2.12. The van der Waals surface area contributed by atoms with Gasteiger partial charge in [-0.3, -0.25) is 9.36 Å². The third kappa shape index (κ3) is 4.72. The van der Waals surface area contributed by atoms with Crippen LogP contribution in [0.5, 0.6) is 5.75 Å². The molecule has 0 saturated heterocycles. The van der Waals surface area contributed by atoms with E-state index in [-0.39, 0.29) is 12.2 Å². The van der Waals surface area contributed by atoms with Gasteiger partial charge in [0.05, 0.1) is 29.5 Å². The lowest BCUT2D eigenvalue weighted by Gasteiger charge is -2.25. The minimum atomic E-state index is -0.747. The Labute approximate surface area is 225 Å². The molecular formula is C28H23BrN2O5S. The highest BCUT2D eigenvalue weighted by molar-refractivity contribution is 9.10. The molecule has 37 heavy (non-hydrogen) atoms. The van der Waals surface area contributed by atoms with Gasteiger partial charge in [0.15, 0.2) is 4.80 Å². The largest absolute Gasteiger partial charge is 0.496 e. The molecule has 0 fully saturated rings. The molecule has 2 aromatic heterocycles. The van der Waals surface area contributed by atoms with Crippen LogP contribution in [0, 0.1) is 0 Å². The van der Waals surface area contributed by atoms with Crippen LogP contribution < -0.4 is 19.6 Å². The van der Waals surface area contributed by atoms with E-state index in [4.69, 9.17) is 13.9 Å². The van der Waals surface area contributed by atoms with E-state index >= 15 is 0 Å². The summed E-state index contributed by atoms with van der Waals surface area (Å²) in [5, 5.41) is 0. The number of hydrogen-bond donors (Lipinski definition) is 0. The van der Waals surface area contributed by atoms with Crippen LogP contribution in [0.3, 0.4) is 0 Å². The predicted octanol–water partition coefficient (Wildman–Crippen LogP) is 4.83. The van der Waals surface area contributed by atoms with Crippen LogP contribution in [-0.2, 0) is 9.53 Å². The molecule has 0 bridgehead atoms. The van der Waals surface area contributed by atoms with Crippen molar-refractivity contribution < 1.29 is 18.7 Å². The van der Waals surface area contributed by atoms with Crippen LogP contribution in [-0.4, -0.2) is 24.3 Å². The fourth-order valence-electron chi connectivity index (χ4n) is 4.31. The summed E-state index contributed by atoms with van der Waals surface area (Å²) in [6.45, 7) is 3.70. The molecule has 0 aliphatic carbocycles. The number of aromatic nitrogens is 1. The van der Waals surface area contributed by atoms with Gasteiger partial charge in [-0.1, -0.05) is 57.6 Å². The molecular weight excluding hydrogens is 556 g/mol. The van der Waals surface area contributed by atoms with Crippen molar-refractivity contribution >= 4 is 39.3 Å². The van der Waals surface area contributed by atoms with Crippen molar-refractivity contribution in [2.45, 2.75) is 19.9 Å². The number of benzene rings is 2. The number of halogens is 1. The van der Waals surface area contributed by atoms with E-state index in [0.717, 1.165) is 10.0 Å². The number of methoxy groups -OCH3 is 1. The first-order valence-electron chi connectivity index (χ1n) is 11.6. The molecule has 2 aromatic carbocycles. The molecule has 1 aliphatic rings. The van der Waals surface area contributed by atoms with Gasteiger partial charge in [-0.15, -0.1) is 0 Å². The smallest absolute Gasteiger partial charge is 0.338 e. The van der Waals surface area contributed by atoms with Crippen LogP contribution in [0.15, 0.2) is 90.6 Å². The molecule has 0 N–H and O–H groups in total. The number of rotatable bonds is 6. The second kappa shape index (κ2) is 10.4. The highest BCUT2D eigenvalue weighted by Gasteiger charge is 2.34. The Morgan fingerprint density at radius 2 is 1.92 bits per heavy atom. The van der Waals surface area contributed by atoms with Crippen LogP contribution >= 0.6 is 27.3 Å². The van der Waals surface area contributed by atoms with Crippen LogP contribution in [0.2, 0.25) is 0 Å². The number of nitrogens with zero attached hydrogens (tertiary/aromatic N) is 2. The number of ether oxygens (including phenoxy) is 2. The first-order chi connectivity index (χ1) is 17.9. The first-order valence-corrected chi connectivity index (χ1v) is 13.2. The third-order valence-corrected chi connectivity index (χ3v) is 7.49. The Morgan fingerprint density at radius 1 is 1.16 bits per heavy atom. The predicted molar refractivity (Wildman–Crippen MR) is 145 cm³/mol. The van der Waals surface area contributed by atoms with Gasteiger partial charge in [-0.2, -0.15) is 0 Å². The Kier molecular flexibility index (Phi) is 6.99. The van der Waals surface area contributed by atoms with E-state index in [9.17, 15) is 9.59 Å². The van der Waals surface area contributed by atoms with Crippen molar-refractivity contribution in [1.82, 2.24) is 4.57 Å². The van der Waals surface area contributed by atoms with Crippen LogP contribution in [0.25, 0.3) is 17.4 Å². The summed E-state index contributed by atoms with van der Waals surface area (Å²) in [5.74, 6) is 1.28. The second-order valence-electron chi connectivity index (χ2n) is 8.25. The van der Waals surface area contributed by atoms with Crippen molar-refractivity contribution in [2.24, 2.45) is 4.99 Å². The standard InChI is InChI=1S/C28H23BrN2O5S/c1-4-35-27(33)24-16(2)30-28-31(25(24)20-7-5-6-8-22(20)34-3)26(32)23(37-28)15-19-13-14-21(36-19)17-9-11-18(29)12-10-17/h5-15,25H,4H2,1-3H3/b23-15-. The quantitative estimate of drug-likeness (QED) is 0.306. The summed E-state index contributed by atoms with van der Waals surface area (Å²) in [7, 11) is 1.56. The van der Waals surface area contributed by atoms with E-state index in [0.29, 0.717) is 43.4 Å². The Hall–Kier alpha value is -3.69. The van der Waals surface area contributed by atoms with Crippen molar-refractivity contribution in [3.8, 4) is 17.1 Å². The van der Waals surface area contributed by atoms with Crippen LogP contribution in [0.4, 0.5) is 0 Å². The molecule has 0 saturated carbocycles. The fraction of sp³-hybridized carbons (Fsp3) is 0.179. The lowest BCUT2D eigenvalue weighted by molar-refractivity contribution is -0.139. The molecule has 1 aliphatic heterocycles. The van der Waals surface area contributed by atoms with E-state index in [1.165, 1.54) is 15.9 Å². The maximum Gasteiger partial charge on any atom is 0.338 e. The number of fused-ring (bicyclic) bond motifs is 1. The summed E-state index contributed by atoms with van der Waals surface area (Å²) in [4.78, 5) is 31.9. The second-order valence-corrected chi connectivity index (χ2v) is 10.2. The highest BCUT2D eigenvalue weighted by atomic mass is 79.9. The van der Waals surface area contributed by atoms with Gasteiger partial charge >= 0.3 is 5.97 Å². The number of hydrogen-bond acceptors (Lipinski definition) is 7. The van der Waals surface area contributed by atoms with Crippen molar-refractivity contribution in [2.75, 3.05) is 13.7 Å². The van der Waals surface area contributed by atoms with Gasteiger partial charge in [0, 0.05) is 21.7 Å². The number of carbonyl (C=O) groups is 1. The topological polar surface area (TPSA) is 83.0 Å². The third-order valence-electron chi connectivity index (χ3n) is 5.98. The number of para-hydroxylation sites is 1. The summed E-state index contributed by atoms with van der Waals surface area (Å²) in [6, 6.07) is 18.1. The highest BCUT2D eigenvalue weighted by Crippen LogP contribution is 2.35. The average Bonchev–Trinajstić information content (AvgIpc) is 3.48. The number of furan rings is 1. The number of allylic oxidation sites excluding steroid dienone is 1. The minimum Gasteiger partial charge on any atom is -0.496 e. The molecule has 4 aromatic rings. The molecule has 188 valence electrons. The maximum atomic E-state index is 13.8. The van der Waals surface area contributed by atoms with Gasteiger partial charge in [0.1, 0.15) is 23.3 Å². The first kappa shape index (κ1) is 25.0. The van der Waals surface area contributed by atoms with Gasteiger partial charge in [0.25, 0.3) is 5.56 Å². The molecule has 0 radical (unpaired) electrons. The molecule has 1 atom stereocenters. The van der Waals surface area contributed by atoms with Gasteiger partial charge in [0.2, 0.25) is 0 Å². The average molecular weight is 579 g/mol. The Balaban J connectivity index is 1.66. The van der Waals surface area contributed by atoms with E-state index in [1.54, 1.807) is 33.1 Å². The lowest BCUT2D eigenvalue weighted by Crippen LogP contribution is -2.40. The number of thiazole rings is 1. The zero-order valence-electron chi connectivity index (χ0n) is 20.4. The van der Waals surface area contributed by atoms with Crippen molar-refractivity contribution in [3.05, 3.63) is 107 Å². The van der Waals surface area contributed by atoms with Gasteiger partial charge in [-0.05, 0) is 44.2 Å². The SMILES string of the molecule is CCOC(=O)C1=C(C)N=c2s/c(=C\c3ccc(-c4ccc(Br)cc4)o3)c(=O)n2C1c1ccccc1OC. The zero-order chi connectivity index (χ0) is 26.1. The molecule has 0 spiro atoms. The van der Waals surface area contributed by atoms with E-state index in [1.807, 2.05) is 54.6 Å². The Bertz CT molecular complexity index is 1700. The molecule has 3 heterocycles.